The fourth-order valence-electron chi connectivity index (χ4n) is 3.10. The molecule has 1 unspecified atom stereocenters. The van der Waals surface area contributed by atoms with Gasteiger partial charge in [-0.05, 0) is 55.9 Å². The molecule has 0 radical (unpaired) electrons. The first-order chi connectivity index (χ1) is 12.4. The first-order valence-electron chi connectivity index (χ1n) is 8.95. The molecule has 0 spiro atoms. The van der Waals surface area contributed by atoms with Gasteiger partial charge in [0.1, 0.15) is 5.82 Å². The number of rotatable bonds is 9. The number of amides is 1. The van der Waals surface area contributed by atoms with E-state index < -0.39 is 15.8 Å². The number of sulfonamides is 1. The van der Waals surface area contributed by atoms with E-state index in [4.69, 9.17) is 4.74 Å². The molecule has 6 nitrogen and oxygen atoms in total. The van der Waals surface area contributed by atoms with Crippen LogP contribution in [0.15, 0.2) is 29.2 Å². The Hall–Kier alpha value is -1.51. The zero-order chi connectivity index (χ0) is 19.0. The SMILES string of the molecule is COCCCNC(=O)CCC1CCCN(S(=O)(=O)c2ccc(F)cc2)C1. The summed E-state index contributed by atoms with van der Waals surface area (Å²) in [6, 6.07) is 4.90. The van der Waals surface area contributed by atoms with E-state index in [1.54, 1.807) is 7.11 Å². The fraction of sp³-hybridized carbons (Fsp3) is 0.611. The van der Waals surface area contributed by atoms with E-state index in [1.807, 2.05) is 0 Å². The Morgan fingerprint density at radius 3 is 2.77 bits per heavy atom. The number of carbonyl (C=O) groups is 1. The van der Waals surface area contributed by atoms with Crippen LogP contribution in [-0.2, 0) is 19.6 Å². The molecule has 0 aromatic heterocycles. The highest BCUT2D eigenvalue weighted by molar-refractivity contribution is 7.89. The molecule has 1 aliphatic rings. The third-order valence-electron chi connectivity index (χ3n) is 4.56. The van der Waals surface area contributed by atoms with Crippen molar-refractivity contribution in [2.45, 2.75) is 37.0 Å². The summed E-state index contributed by atoms with van der Waals surface area (Å²) in [6.45, 7) is 2.05. The first-order valence-corrected chi connectivity index (χ1v) is 10.4. The van der Waals surface area contributed by atoms with Gasteiger partial charge in [0, 0.05) is 39.8 Å². The number of hydrogen-bond donors (Lipinski definition) is 1. The van der Waals surface area contributed by atoms with Gasteiger partial charge in [-0.1, -0.05) is 0 Å². The Kier molecular flexibility index (Phi) is 7.99. The second-order valence-electron chi connectivity index (χ2n) is 6.56. The maximum Gasteiger partial charge on any atom is 0.243 e. The Bertz CT molecular complexity index is 679. The zero-order valence-corrected chi connectivity index (χ0v) is 15.9. The number of nitrogens with one attached hydrogen (secondary N) is 1. The summed E-state index contributed by atoms with van der Waals surface area (Å²) in [7, 11) is -2.00. The van der Waals surface area contributed by atoms with Crippen LogP contribution in [0, 0.1) is 11.7 Å². The summed E-state index contributed by atoms with van der Waals surface area (Å²) in [5.74, 6) is -0.319. The Morgan fingerprint density at radius 2 is 2.08 bits per heavy atom. The van der Waals surface area contributed by atoms with E-state index >= 15 is 0 Å². The Balaban J connectivity index is 1.84. The summed E-state index contributed by atoms with van der Waals surface area (Å²) in [4.78, 5) is 12.0. The topological polar surface area (TPSA) is 75.7 Å². The zero-order valence-electron chi connectivity index (χ0n) is 15.1. The highest BCUT2D eigenvalue weighted by atomic mass is 32.2. The van der Waals surface area contributed by atoms with E-state index in [0.717, 1.165) is 31.4 Å². The van der Waals surface area contributed by atoms with Crippen molar-refractivity contribution in [3.63, 3.8) is 0 Å². The van der Waals surface area contributed by atoms with Gasteiger partial charge in [-0.15, -0.1) is 0 Å². The minimum absolute atomic E-state index is 0.0142. The van der Waals surface area contributed by atoms with Gasteiger partial charge in [0.05, 0.1) is 4.90 Å². The molecule has 1 aromatic carbocycles. The Labute approximate surface area is 154 Å². The van der Waals surface area contributed by atoms with Gasteiger partial charge in [0.25, 0.3) is 0 Å². The molecular weight excluding hydrogens is 359 g/mol. The van der Waals surface area contributed by atoms with Crippen LogP contribution in [0.1, 0.15) is 32.1 Å². The monoisotopic (exact) mass is 386 g/mol. The maximum absolute atomic E-state index is 13.0. The average Bonchev–Trinajstić information content (AvgIpc) is 2.64. The van der Waals surface area contributed by atoms with Crippen LogP contribution in [0.3, 0.4) is 0 Å². The molecule has 0 bridgehead atoms. The van der Waals surface area contributed by atoms with Gasteiger partial charge in [-0.2, -0.15) is 4.31 Å². The van der Waals surface area contributed by atoms with Crippen LogP contribution in [0.5, 0.6) is 0 Å². The minimum Gasteiger partial charge on any atom is -0.385 e. The molecule has 8 heteroatoms. The van der Waals surface area contributed by atoms with Crippen molar-refractivity contribution in [1.29, 1.82) is 0 Å². The molecule has 0 saturated carbocycles. The lowest BCUT2D eigenvalue weighted by atomic mass is 9.94. The van der Waals surface area contributed by atoms with E-state index in [2.05, 4.69) is 5.32 Å². The van der Waals surface area contributed by atoms with Crippen LogP contribution in [-0.4, -0.2) is 52.0 Å². The van der Waals surface area contributed by atoms with Crippen LogP contribution < -0.4 is 5.32 Å². The second-order valence-corrected chi connectivity index (χ2v) is 8.50. The highest BCUT2D eigenvalue weighted by Gasteiger charge is 2.30. The Morgan fingerprint density at radius 1 is 1.35 bits per heavy atom. The molecule has 1 atom stereocenters. The molecule has 26 heavy (non-hydrogen) atoms. The van der Waals surface area contributed by atoms with E-state index in [-0.39, 0.29) is 16.7 Å². The lowest BCUT2D eigenvalue weighted by Gasteiger charge is -2.32. The molecule has 0 aliphatic carbocycles. The van der Waals surface area contributed by atoms with Crippen LogP contribution in [0.2, 0.25) is 0 Å². The second kappa shape index (κ2) is 9.99. The maximum atomic E-state index is 13.0. The predicted octanol–water partition coefficient (Wildman–Crippen LogP) is 2.16. The largest absolute Gasteiger partial charge is 0.385 e. The van der Waals surface area contributed by atoms with Gasteiger partial charge in [0.2, 0.25) is 15.9 Å². The number of methoxy groups -OCH3 is 1. The van der Waals surface area contributed by atoms with Crippen molar-refractivity contribution >= 4 is 15.9 Å². The molecule has 1 heterocycles. The summed E-state index contributed by atoms with van der Waals surface area (Å²) in [6.07, 6.45) is 3.50. The fourth-order valence-corrected chi connectivity index (χ4v) is 4.66. The van der Waals surface area contributed by atoms with Gasteiger partial charge >= 0.3 is 0 Å². The number of halogens is 1. The number of benzene rings is 1. The number of carbonyl (C=O) groups excluding carboxylic acids is 1. The van der Waals surface area contributed by atoms with E-state index in [1.165, 1.54) is 16.4 Å². The predicted molar refractivity (Wildman–Crippen MR) is 96.6 cm³/mol. The number of hydrogen-bond acceptors (Lipinski definition) is 4. The summed E-state index contributed by atoms with van der Waals surface area (Å²) in [5, 5.41) is 2.84. The van der Waals surface area contributed by atoms with Crippen molar-refractivity contribution in [2.75, 3.05) is 33.4 Å². The van der Waals surface area contributed by atoms with Crippen LogP contribution >= 0.6 is 0 Å². The molecule has 146 valence electrons. The number of nitrogens with zero attached hydrogens (tertiary/aromatic N) is 1. The lowest BCUT2D eigenvalue weighted by Crippen LogP contribution is -2.40. The van der Waals surface area contributed by atoms with Gasteiger partial charge in [-0.3, -0.25) is 4.79 Å². The molecule has 1 fully saturated rings. The first kappa shape index (κ1) is 20.8. The van der Waals surface area contributed by atoms with Crippen molar-refractivity contribution < 1.29 is 22.3 Å². The molecule has 1 saturated heterocycles. The lowest BCUT2D eigenvalue weighted by molar-refractivity contribution is -0.121. The summed E-state index contributed by atoms with van der Waals surface area (Å²) < 4.78 is 44.8. The van der Waals surface area contributed by atoms with Gasteiger partial charge in [-0.25, -0.2) is 12.8 Å². The van der Waals surface area contributed by atoms with Crippen molar-refractivity contribution in [3.8, 4) is 0 Å². The van der Waals surface area contributed by atoms with Gasteiger partial charge in [0.15, 0.2) is 0 Å². The number of ether oxygens (including phenoxy) is 1. The molecule has 1 amide bonds. The highest BCUT2D eigenvalue weighted by Crippen LogP contribution is 2.26. The standard InChI is InChI=1S/C18H27FN2O4S/c1-25-13-3-11-20-18(22)10-5-15-4-2-12-21(14-15)26(23,24)17-8-6-16(19)7-9-17/h6-9,15H,2-5,10-14H2,1H3,(H,20,22). The van der Waals surface area contributed by atoms with Crippen molar-refractivity contribution in [1.82, 2.24) is 9.62 Å². The van der Waals surface area contributed by atoms with Gasteiger partial charge < -0.3 is 10.1 Å². The number of piperidine rings is 1. The molecule has 2 rings (SSSR count). The van der Waals surface area contributed by atoms with E-state index in [9.17, 15) is 17.6 Å². The van der Waals surface area contributed by atoms with Crippen molar-refractivity contribution in [3.05, 3.63) is 30.1 Å². The minimum atomic E-state index is -3.62. The molecule has 1 N–H and O–H groups in total. The molecular formula is C18H27FN2O4S. The normalized spacial score (nSPS) is 18.6. The third kappa shape index (κ3) is 6.03. The summed E-state index contributed by atoms with van der Waals surface area (Å²) >= 11 is 0. The molecule has 1 aliphatic heterocycles. The summed E-state index contributed by atoms with van der Waals surface area (Å²) in [5.41, 5.74) is 0. The quantitative estimate of drug-likeness (QED) is 0.660. The van der Waals surface area contributed by atoms with E-state index in [0.29, 0.717) is 39.1 Å². The smallest absolute Gasteiger partial charge is 0.243 e. The van der Waals surface area contributed by atoms with Crippen LogP contribution in [0.4, 0.5) is 4.39 Å². The molecule has 1 aromatic rings. The average molecular weight is 386 g/mol. The van der Waals surface area contributed by atoms with Crippen LogP contribution in [0.25, 0.3) is 0 Å². The van der Waals surface area contributed by atoms with Crippen molar-refractivity contribution in [2.24, 2.45) is 5.92 Å². The third-order valence-corrected chi connectivity index (χ3v) is 6.44.